The molecule has 0 aromatic heterocycles. The van der Waals surface area contributed by atoms with Crippen molar-refractivity contribution in [2.75, 3.05) is 6.61 Å². The highest BCUT2D eigenvalue weighted by atomic mass is 28.2. The number of carbonyl (C=O) groups is 1. The Morgan fingerprint density at radius 1 is 0.955 bits per heavy atom. The van der Waals surface area contributed by atoms with E-state index in [1.807, 2.05) is 0 Å². The molecule has 0 radical (unpaired) electrons. The van der Waals surface area contributed by atoms with Crippen molar-refractivity contribution in [3.05, 3.63) is 0 Å². The lowest BCUT2D eigenvalue weighted by Gasteiger charge is -2.46. The fourth-order valence-corrected chi connectivity index (χ4v) is 4.55. The molecule has 130 valence electrons. The van der Waals surface area contributed by atoms with E-state index >= 15 is 0 Å². The monoisotopic (exact) mass is 326 g/mol. The lowest BCUT2D eigenvalue weighted by molar-refractivity contribution is -0.131. The Balaban J connectivity index is 2.85. The molecule has 0 saturated heterocycles. The van der Waals surface area contributed by atoms with Gasteiger partial charge in [0.15, 0.2) is 0 Å². The molecule has 0 aromatic carbocycles. The van der Waals surface area contributed by atoms with Crippen LogP contribution in [-0.4, -0.2) is 22.9 Å². The first kappa shape index (κ1) is 19.9. The molecule has 3 heteroatoms. The number of Topliss-reactive ketones (excluding diaryl/α,β-unsaturated/α-hetero) is 1. The molecule has 2 nitrogen and oxygen atoms in total. The molecule has 0 amide bonds. The second-order valence-electron chi connectivity index (χ2n) is 8.42. The third-order valence-corrected chi connectivity index (χ3v) is 6.46. The van der Waals surface area contributed by atoms with E-state index in [0.717, 1.165) is 36.4 Å². The highest BCUT2D eigenvalue weighted by Crippen LogP contribution is 2.47. The standard InChI is InChI=1S/C19H38O2Si/c1-18(2,15-21-22)19(3,4)16-13-11-9-7-5-6-8-10-12-14-17(16)20/h16H,5-15H2,1-4,22H3. The molecule has 1 atom stereocenters. The second-order valence-corrected chi connectivity index (χ2v) is 9.00. The molecule has 1 unspecified atom stereocenters. The summed E-state index contributed by atoms with van der Waals surface area (Å²) >= 11 is 0. The van der Waals surface area contributed by atoms with Crippen molar-refractivity contribution in [1.29, 1.82) is 0 Å². The maximum Gasteiger partial charge on any atom is 0.145 e. The van der Waals surface area contributed by atoms with Crippen LogP contribution in [0.3, 0.4) is 0 Å². The zero-order valence-corrected chi connectivity index (χ0v) is 17.7. The average Bonchev–Trinajstić information content (AvgIpc) is 2.42. The second kappa shape index (κ2) is 9.22. The lowest BCUT2D eigenvalue weighted by Crippen LogP contribution is -2.45. The Hall–Kier alpha value is -0.153. The Morgan fingerprint density at radius 3 is 2.00 bits per heavy atom. The average molecular weight is 327 g/mol. The molecule has 0 aromatic rings. The quantitative estimate of drug-likeness (QED) is 0.714. The molecule has 0 heterocycles. The molecular formula is C19H38O2Si. The maximum absolute atomic E-state index is 12.9. The van der Waals surface area contributed by atoms with Gasteiger partial charge in [0.05, 0.1) is 0 Å². The van der Waals surface area contributed by atoms with E-state index in [1.54, 1.807) is 0 Å². The summed E-state index contributed by atoms with van der Waals surface area (Å²) in [5.74, 6) is 0.700. The molecule has 1 rings (SSSR count). The zero-order chi connectivity index (χ0) is 16.6. The first-order valence-corrected chi connectivity index (χ1v) is 10.2. The zero-order valence-electron chi connectivity index (χ0n) is 15.7. The van der Waals surface area contributed by atoms with Gasteiger partial charge in [0, 0.05) is 18.9 Å². The van der Waals surface area contributed by atoms with Crippen molar-refractivity contribution in [1.82, 2.24) is 0 Å². The number of rotatable bonds is 4. The molecule has 1 saturated carbocycles. The summed E-state index contributed by atoms with van der Waals surface area (Å²) in [5, 5.41) is 0. The van der Waals surface area contributed by atoms with Crippen LogP contribution in [0.4, 0.5) is 0 Å². The van der Waals surface area contributed by atoms with Crippen LogP contribution in [0.5, 0.6) is 0 Å². The smallest absolute Gasteiger partial charge is 0.145 e. The minimum absolute atomic E-state index is 0.00138. The summed E-state index contributed by atoms with van der Waals surface area (Å²) in [7, 11) is 0.774. The van der Waals surface area contributed by atoms with Crippen molar-refractivity contribution in [3.63, 3.8) is 0 Å². The molecular weight excluding hydrogens is 288 g/mol. The van der Waals surface area contributed by atoms with E-state index in [1.165, 1.54) is 44.9 Å². The molecule has 1 aliphatic carbocycles. The molecule has 0 N–H and O–H groups in total. The van der Waals surface area contributed by atoms with Crippen molar-refractivity contribution >= 4 is 16.3 Å². The Labute approximate surface area is 141 Å². The van der Waals surface area contributed by atoms with E-state index in [2.05, 4.69) is 27.7 Å². The number of carbonyl (C=O) groups excluding carboxylic acids is 1. The van der Waals surface area contributed by atoms with E-state index in [0.29, 0.717) is 5.78 Å². The minimum Gasteiger partial charge on any atom is -0.427 e. The van der Waals surface area contributed by atoms with Gasteiger partial charge in [0.1, 0.15) is 16.3 Å². The number of ketones is 1. The predicted molar refractivity (Wildman–Crippen MR) is 98.1 cm³/mol. The van der Waals surface area contributed by atoms with Gasteiger partial charge in [-0.05, 0) is 23.7 Å². The largest absolute Gasteiger partial charge is 0.427 e. The highest BCUT2D eigenvalue weighted by Gasteiger charge is 2.45. The van der Waals surface area contributed by atoms with Crippen molar-refractivity contribution in [3.8, 4) is 0 Å². The van der Waals surface area contributed by atoms with Crippen LogP contribution >= 0.6 is 0 Å². The Kier molecular flexibility index (Phi) is 8.33. The van der Waals surface area contributed by atoms with Gasteiger partial charge >= 0.3 is 0 Å². The van der Waals surface area contributed by atoms with Crippen LogP contribution < -0.4 is 0 Å². The van der Waals surface area contributed by atoms with Gasteiger partial charge < -0.3 is 4.43 Å². The van der Waals surface area contributed by atoms with Gasteiger partial charge in [-0.3, -0.25) is 4.79 Å². The van der Waals surface area contributed by atoms with Gasteiger partial charge in [0.2, 0.25) is 0 Å². The molecule has 1 fully saturated rings. The fraction of sp³-hybridized carbons (Fsp3) is 0.947. The van der Waals surface area contributed by atoms with E-state index < -0.39 is 0 Å². The van der Waals surface area contributed by atoms with Gasteiger partial charge in [0.25, 0.3) is 0 Å². The van der Waals surface area contributed by atoms with Crippen molar-refractivity contribution < 1.29 is 9.22 Å². The third kappa shape index (κ3) is 5.49. The lowest BCUT2D eigenvalue weighted by atomic mass is 9.59. The third-order valence-electron chi connectivity index (χ3n) is 6.18. The van der Waals surface area contributed by atoms with Crippen LogP contribution in [0.1, 0.15) is 91.9 Å². The van der Waals surface area contributed by atoms with Crippen LogP contribution in [0.2, 0.25) is 0 Å². The van der Waals surface area contributed by atoms with Crippen molar-refractivity contribution in [2.24, 2.45) is 16.7 Å². The van der Waals surface area contributed by atoms with Crippen LogP contribution in [-0.2, 0) is 9.22 Å². The predicted octanol–water partition coefficient (Wildman–Crippen LogP) is 4.44. The van der Waals surface area contributed by atoms with Gasteiger partial charge in [-0.1, -0.05) is 72.6 Å². The molecule has 0 aliphatic heterocycles. The summed E-state index contributed by atoms with van der Waals surface area (Å²) in [4.78, 5) is 12.9. The summed E-state index contributed by atoms with van der Waals surface area (Å²) < 4.78 is 5.58. The van der Waals surface area contributed by atoms with Gasteiger partial charge in [-0.15, -0.1) is 0 Å². The minimum atomic E-state index is -0.00138. The number of hydrogen-bond donors (Lipinski definition) is 0. The summed E-state index contributed by atoms with van der Waals surface area (Å²) in [5.41, 5.74) is 0.0464. The first-order chi connectivity index (χ1) is 10.3. The maximum atomic E-state index is 12.9. The van der Waals surface area contributed by atoms with E-state index in [-0.39, 0.29) is 16.7 Å². The van der Waals surface area contributed by atoms with Gasteiger partial charge in [-0.2, -0.15) is 0 Å². The van der Waals surface area contributed by atoms with Crippen LogP contribution in [0, 0.1) is 16.7 Å². The van der Waals surface area contributed by atoms with Crippen LogP contribution in [0.25, 0.3) is 0 Å². The van der Waals surface area contributed by atoms with E-state index in [9.17, 15) is 4.79 Å². The normalized spacial score (nSPS) is 23.8. The van der Waals surface area contributed by atoms with E-state index in [4.69, 9.17) is 4.43 Å². The Morgan fingerprint density at radius 2 is 1.45 bits per heavy atom. The highest BCUT2D eigenvalue weighted by molar-refractivity contribution is 5.97. The fourth-order valence-electron chi connectivity index (χ4n) is 3.83. The summed E-state index contributed by atoms with van der Waals surface area (Å²) in [6.07, 6.45) is 12.0. The van der Waals surface area contributed by atoms with Gasteiger partial charge in [-0.25, -0.2) is 0 Å². The first-order valence-electron chi connectivity index (χ1n) is 9.34. The molecule has 1 aliphatic rings. The SMILES string of the molecule is CC(C)(CO[SiH3])C(C)(C)C1CCCCCCCCCCC1=O. The topological polar surface area (TPSA) is 26.3 Å². The van der Waals surface area contributed by atoms with Crippen molar-refractivity contribution in [2.45, 2.75) is 91.9 Å². The summed E-state index contributed by atoms with van der Waals surface area (Å²) in [6, 6.07) is 0. The molecule has 22 heavy (non-hydrogen) atoms. The molecule has 0 spiro atoms. The molecule has 0 bridgehead atoms. The summed E-state index contributed by atoms with van der Waals surface area (Å²) in [6.45, 7) is 9.91. The number of hydrogen-bond acceptors (Lipinski definition) is 2. The Bertz CT molecular complexity index is 336. The van der Waals surface area contributed by atoms with Crippen LogP contribution in [0.15, 0.2) is 0 Å².